The second-order valence-electron chi connectivity index (χ2n) is 4.11. The van der Waals surface area contributed by atoms with Gasteiger partial charge in [0.05, 0.1) is 11.4 Å². The Hall–Kier alpha value is -1.60. The van der Waals surface area contributed by atoms with E-state index in [1.54, 1.807) is 0 Å². The van der Waals surface area contributed by atoms with Crippen LogP contribution in [0, 0.1) is 0 Å². The third-order valence-corrected chi connectivity index (χ3v) is 4.26. The Morgan fingerprint density at radius 2 is 2.11 bits per heavy atom. The predicted molar refractivity (Wildman–Crippen MR) is 71.2 cm³/mol. The van der Waals surface area contributed by atoms with Crippen LogP contribution in [0.2, 0.25) is 0 Å². The monoisotopic (exact) mass is 286 g/mol. The predicted octanol–water partition coefficient (Wildman–Crippen LogP) is 0.539. The molecule has 1 amide bonds. The van der Waals surface area contributed by atoms with E-state index in [0.717, 1.165) is 16.8 Å². The van der Waals surface area contributed by atoms with Crippen molar-refractivity contribution >= 4 is 15.9 Å². The van der Waals surface area contributed by atoms with Gasteiger partial charge in [0.25, 0.3) is 0 Å². The average molecular weight is 286 g/mol. The van der Waals surface area contributed by atoms with Gasteiger partial charge in [-0.25, -0.2) is 8.42 Å². The van der Waals surface area contributed by atoms with Crippen molar-refractivity contribution in [2.24, 2.45) is 0 Å². The molecule has 19 heavy (non-hydrogen) atoms. The Morgan fingerprint density at radius 1 is 1.42 bits per heavy atom. The third-order valence-electron chi connectivity index (χ3n) is 2.46. The highest BCUT2D eigenvalue weighted by molar-refractivity contribution is 7.89. The third kappa shape index (κ3) is 4.22. The van der Waals surface area contributed by atoms with Gasteiger partial charge >= 0.3 is 0 Å². The molecule has 0 heterocycles. The van der Waals surface area contributed by atoms with E-state index >= 15 is 0 Å². The summed E-state index contributed by atoms with van der Waals surface area (Å²) in [6, 6.07) is 5.34. The van der Waals surface area contributed by atoms with Crippen molar-refractivity contribution in [3.8, 4) is 5.75 Å². The molecule has 0 spiro atoms. The van der Waals surface area contributed by atoms with Gasteiger partial charge in [-0.05, 0) is 24.6 Å². The number of carbonyl (C=O) groups is 1. The number of likely N-dealkylation sites (N-methyl/N-ethyl adjacent to an activating group) is 1. The van der Waals surface area contributed by atoms with Crippen LogP contribution in [0.4, 0.5) is 0 Å². The van der Waals surface area contributed by atoms with E-state index in [9.17, 15) is 18.3 Å². The van der Waals surface area contributed by atoms with E-state index in [4.69, 9.17) is 0 Å². The molecule has 0 unspecified atom stereocenters. The van der Waals surface area contributed by atoms with Gasteiger partial charge in [0.2, 0.25) is 15.9 Å². The molecule has 0 aliphatic heterocycles. The molecule has 0 saturated heterocycles. The zero-order chi connectivity index (χ0) is 14.5. The lowest BCUT2D eigenvalue weighted by Gasteiger charge is -2.16. The minimum Gasteiger partial charge on any atom is -0.508 e. The standard InChI is InChI=1S/C12H18N2O4S/c1-3-7-13-12(16)9-14(2)19(17,18)11-6-4-5-10(15)8-11/h4-6,8,15H,3,7,9H2,1-2H3,(H,13,16). The molecule has 2 N–H and O–H groups in total. The number of aromatic hydroxyl groups is 1. The quantitative estimate of drug-likeness (QED) is 0.799. The molecule has 0 fully saturated rings. The Bertz CT molecular complexity index is 542. The number of benzene rings is 1. The highest BCUT2D eigenvalue weighted by Gasteiger charge is 2.22. The van der Waals surface area contributed by atoms with Gasteiger partial charge in [-0.2, -0.15) is 4.31 Å². The normalized spacial score (nSPS) is 11.5. The Labute approximate surface area is 113 Å². The first-order valence-electron chi connectivity index (χ1n) is 5.90. The van der Waals surface area contributed by atoms with Gasteiger partial charge in [0.1, 0.15) is 5.75 Å². The number of rotatable bonds is 6. The van der Waals surface area contributed by atoms with Gasteiger partial charge in [0.15, 0.2) is 0 Å². The van der Waals surface area contributed by atoms with Gasteiger partial charge in [-0.1, -0.05) is 13.0 Å². The van der Waals surface area contributed by atoms with Crippen LogP contribution in [0.5, 0.6) is 5.75 Å². The van der Waals surface area contributed by atoms with Gasteiger partial charge in [-0.15, -0.1) is 0 Å². The molecule has 0 bridgehead atoms. The van der Waals surface area contributed by atoms with Crippen LogP contribution in [0.1, 0.15) is 13.3 Å². The first-order chi connectivity index (χ1) is 8.87. The number of phenols is 1. The number of nitrogens with zero attached hydrogens (tertiary/aromatic N) is 1. The number of hydrogen-bond acceptors (Lipinski definition) is 4. The Balaban J connectivity index is 2.80. The van der Waals surface area contributed by atoms with Crippen molar-refractivity contribution in [2.45, 2.75) is 18.2 Å². The first-order valence-corrected chi connectivity index (χ1v) is 7.34. The zero-order valence-corrected chi connectivity index (χ0v) is 11.8. The van der Waals surface area contributed by atoms with E-state index < -0.39 is 10.0 Å². The van der Waals surface area contributed by atoms with Gasteiger partial charge in [-0.3, -0.25) is 4.79 Å². The molecule has 0 saturated carbocycles. The van der Waals surface area contributed by atoms with Crippen molar-refractivity contribution in [3.05, 3.63) is 24.3 Å². The van der Waals surface area contributed by atoms with E-state index in [1.165, 1.54) is 25.2 Å². The van der Waals surface area contributed by atoms with E-state index in [0.29, 0.717) is 6.54 Å². The molecule has 106 valence electrons. The van der Waals surface area contributed by atoms with Crippen molar-refractivity contribution in [3.63, 3.8) is 0 Å². The summed E-state index contributed by atoms with van der Waals surface area (Å²) >= 11 is 0. The highest BCUT2D eigenvalue weighted by Crippen LogP contribution is 2.18. The lowest BCUT2D eigenvalue weighted by Crippen LogP contribution is -2.38. The van der Waals surface area contributed by atoms with Crippen molar-refractivity contribution in [1.29, 1.82) is 0 Å². The Kier molecular flexibility index (Phi) is 5.31. The number of nitrogens with one attached hydrogen (secondary N) is 1. The second kappa shape index (κ2) is 6.53. The molecule has 0 atom stereocenters. The van der Waals surface area contributed by atoms with E-state index in [1.807, 2.05) is 6.92 Å². The lowest BCUT2D eigenvalue weighted by molar-refractivity contribution is -0.121. The van der Waals surface area contributed by atoms with Crippen LogP contribution in [0.25, 0.3) is 0 Å². The second-order valence-corrected chi connectivity index (χ2v) is 6.15. The number of sulfonamides is 1. The molecule has 0 radical (unpaired) electrons. The molecule has 1 rings (SSSR count). The number of carbonyl (C=O) groups excluding carboxylic acids is 1. The summed E-state index contributed by atoms with van der Waals surface area (Å²) in [5.74, 6) is -0.488. The van der Waals surface area contributed by atoms with Crippen LogP contribution in [-0.4, -0.2) is 43.9 Å². The summed E-state index contributed by atoms with van der Waals surface area (Å²) in [6.07, 6.45) is 0.786. The van der Waals surface area contributed by atoms with Gasteiger partial charge < -0.3 is 10.4 Å². The van der Waals surface area contributed by atoms with E-state index in [2.05, 4.69) is 5.32 Å². The molecule has 7 heteroatoms. The van der Waals surface area contributed by atoms with Crippen LogP contribution >= 0.6 is 0 Å². The molecular formula is C12H18N2O4S. The number of phenolic OH excluding ortho intramolecular Hbond substituents is 1. The molecule has 0 aliphatic carbocycles. The molecular weight excluding hydrogens is 268 g/mol. The molecule has 1 aromatic rings. The Morgan fingerprint density at radius 3 is 2.68 bits per heavy atom. The fourth-order valence-electron chi connectivity index (χ4n) is 1.43. The summed E-state index contributed by atoms with van der Waals surface area (Å²) in [5.41, 5.74) is 0. The molecule has 0 aliphatic rings. The maximum Gasteiger partial charge on any atom is 0.243 e. The van der Waals surface area contributed by atoms with Crippen LogP contribution < -0.4 is 5.32 Å². The fourth-order valence-corrected chi connectivity index (χ4v) is 2.60. The smallest absolute Gasteiger partial charge is 0.243 e. The maximum atomic E-state index is 12.1. The SMILES string of the molecule is CCCNC(=O)CN(C)S(=O)(=O)c1cccc(O)c1. The summed E-state index contributed by atoms with van der Waals surface area (Å²) in [5, 5.41) is 11.9. The van der Waals surface area contributed by atoms with Crippen molar-refractivity contribution in [1.82, 2.24) is 9.62 Å². The molecule has 6 nitrogen and oxygen atoms in total. The molecule has 1 aromatic carbocycles. The average Bonchev–Trinajstić information content (AvgIpc) is 2.36. The first kappa shape index (κ1) is 15.5. The summed E-state index contributed by atoms with van der Waals surface area (Å²) in [4.78, 5) is 11.4. The highest BCUT2D eigenvalue weighted by atomic mass is 32.2. The van der Waals surface area contributed by atoms with E-state index in [-0.39, 0.29) is 23.1 Å². The van der Waals surface area contributed by atoms with Crippen LogP contribution in [-0.2, 0) is 14.8 Å². The number of amides is 1. The number of hydrogen-bond donors (Lipinski definition) is 2. The van der Waals surface area contributed by atoms with Gasteiger partial charge in [0, 0.05) is 13.6 Å². The minimum atomic E-state index is -3.77. The largest absolute Gasteiger partial charge is 0.508 e. The topological polar surface area (TPSA) is 86.7 Å². The fraction of sp³-hybridized carbons (Fsp3) is 0.417. The van der Waals surface area contributed by atoms with Crippen molar-refractivity contribution in [2.75, 3.05) is 20.1 Å². The van der Waals surface area contributed by atoms with Crippen LogP contribution in [0.3, 0.4) is 0 Å². The van der Waals surface area contributed by atoms with Crippen LogP contribution in [0.15, 0.2) is 29.2 Å². The minimum absolute atomic E-state index is 0.0432. The lowest BCUT2D eigenvalue weighted by atomic mass is 10.3. The van der Waals surface area contributed by atoms with Crippen molar-refractivity contribution < 1.29 is 18.3 Å². The maximum absolute atomic E-state index is 12.1. The summed E-state index contributed by atoms with van der Waals surface area (Å²) in [6.45, 7) is 2.17. The summed E-state index contributed by atoms with van der Waals surface area (Å²) in [7, 11) is -2.44. The zero-order valence-electron chi connectivity index (χ0n) is 11.0. The summed E-state index contributed by atoms with van der Waals surface area (Å²) < 4.78 is 25.2. The molecule has 0 aromatic heterocycles.